The highest BCUT2D eigenvalue weighted by molar-refractivity contribution is 5.18. The van der Waals surface area contributed by atoms with Crippen LogP contribution in [0.5, 0.6) is 0 Å². The quantitative estimate of drug-likeness (QED) is 0.598. The average Bonchev–Trinajstić information content (AvgIpc) is 2.17. The third-order valence-corrected chi connectivity index (χ3v) is 1.69. The van der Waals surface area contributed by atoms with E-state index in [1.165, 1.54) is 0 Å². The summed E-state index contributed by atoms with van der Waals surface area (Å²) in [7, 11) is 0. The Kier molecular flexibility index (Phi) is 3.22. The van der Waals surface area contributed by atoms with Crippen molar-refractivity contribution in [2.75, 3.05) is 6.61 Å². The molecule has 3 nitrogen and oxygen atoms in total. The first-order valence-corrected chi connectivity index (χ1v) is 3.77. The van der Waals surface area contributed by atoms with Crippen LogP contribution in [0.3, 0.4) is 0 Å². The molecule has 0 bridgehead atoms. The van der Waals surface area contributed by atoms with E-state index < -0.39 is 18.8 Å². The van der Waals surface area contributed by atoms with Crippen molar-refractivity contribution in [2.45, 2.75) is 12.2 Å². The third-order valence-electron chi connectivity index (χ3n) is 1.69. The van der Waals surface area contributed by atoms with Gasteiger partial charge in [-0.2, -0.15) is 0 Å². The Morgan fingerprint density at radius 3 is 2.17 bits per heavy atom. The lowest BCUT2D eigenvalue weighted by Gasteiger charge is -2.15. The Balaban J connectivity index is 2.71. The van der Waals surface area contributed by atoms with Gasteiger partial charge in [0.2, 0.25) is 0 Å². The summed E-state index contributed by atoms with van der Waals surface area (Å²) in [6, 6.07) is 8.75. The maximum absolute atomic E-state index is 9.38. The van der Waals surface area contributed by atoms with Crippen molar-refractivity contribution in [3.8, 4) is 0 Å². The second-order valence-corrected chi connectivity index (χ2v) is 2.61. The first-order valence-electron chi connectivity index (χ1n) is 3.77. The van der Waals surface area contributed by atoms with Crippen molar-refractivity contribution >= 4 is 0 Å². The van der Waals surface area contributed by atoms with Crippen molar-refractivity contribution in [3.63, 3.8) is 0 Å². The molecule has 0 amide bonds. The number of aliphatic hydroxyl groups excluding tert-OH is 3. The minimum Gasteiger partial charge on any atom is -0.394 e. The van der Waals surface area contributed by atoms with Crippen molar-refractivity contribution in [3.05, 3.63) is 35.9 Å². The van der Waals surface area contributed by atoms with Crippen LogP contribution in [0.1, 0.15) is 11.7 Å². The van der Waals surface area contributed by atoms with Crippen LogP contribution in [0, 0.1) is 0 Å². The summed E-state index contributed by atoms with van der Waals surface area (Å²) in [5.74, 6) is 0. The summed E-state index contributed by atoms with van der Waals surface area (Å²) in [5, 5.41) is 27.0. The van der Waals surface area contributed by atoms with Crippen LogP contribution in [-0.4, -0.2) is 28.0 Å². The second-order valence-electron chi connectivity index (χ2n) is 2.61. The number of benzene rings is 1. The molecule has 0 spiro atoms. The highest BCUT2D eigenvalue weighted by Gasteiger charge is 2.16. The fourth-order valence-electron chi connectivity index (χ4n) is 0.972. The van der Waals surface area contributed by atoms with Crippen molar-refractivity contribution in [2.24, 2.45) is 0 Å². The summed E-state index contributed by atoms with van der Waals surface area (Å²) in [6.07, 6.45) is -2.11. The van der Waals surface area contributed by atoms with Gasteiger partial charge in [0.15, 0.2) is 0 Å². The molecule has 0 aromatic heterocycles. The van der Waals surface area contributed by atoms with Crippen molar-refractivity contribution in [1.82, 2.24) is 0 Å². The normalized spacial score (nSPS) is 15.6. The molecular formula is C9H12O3. The van der Waals surface area contributed by atoms with Crippen LogP contribution < -0.4 is 0 Å². The van der Waals surface area contributed by atoms with Gasteiger partial charge in [0.25, 0.3) is 0 Å². The van der Waals surface area contributed by atoms with E-state index in [1.807, 2.05) is 6.07 Å². The van der Waals surface area contributed by atoms with Gasteiger partial charge in [-0.3, -0.25) is 0 Å². The molecule has 1 aromatic carbocycles. The molecule has 0 saturated heterocycles. The van der Waals surface area contributed by atoms with Gasteiger partial charge in [-0.15, -0.1) is 0 Å². The number of rotatable bonds is 3. The minimum atomic E-state index is -1.10. The van der Waals surface area contributed by atoms with Crippen LogP contribution in [-0.2, 0) is 0 Å². The number of aliphatic hydroxyl groups is 3. The fourth-order valence-corrected chi connectivity index (χ4v) is 0.972. The molecule has 0 aliphatic carbocycles. The predicted octanol–water partition coefficient (Wildman–Crippen LogP) is 0.0732. The van der Waals surface area contributed by atoms with E-state index in [9.17, 15) is 5.11 Å². The van der Waals surface area contributed by atoms with Gasteiger partial charge in [-0.05, 0) is 5.56 Å². The standard InChI is InChI=1S/C9H12O3/c10-6-8(11)9(12)7-4-2-1-3-5-7/h1-5,8-12H,6H2/t8?,9-/m0/s1. The smallest absolute Gasteiger partial charge is 0.107 e. The topological polar surface area (TPSA) is 60.7 Å². The lowest BCUT2D eigenvalue weighted by atomic mass is 10.1. The maximum Gasteiger partial charge on any atom is 0.107 e. The first-order chi connectivity index (χ1) is 5.75. The molecule has 1 aromatic rings. The van der Waals surface area contributed by atoms with Gasteiger partial charge in [0.05, 0.1) is 6.61 Å². The Morgan fingerprint density at radius 2 is 1.67 bits per heavy atom. The summed E-state index contributed by atoms with van der Waals surface area (Å²) in [6.45, 7) is -0.434. The molecular weight excluding hydrogens is 156 g/mol. The summed E-state index contributed by atoms with van der Waals surface area (Å²) in [5.41, 5.74) is 0.610. The SMILES string of the molecule is OCC(O)[C@@H](O)c1ccccc1. The molecule has 0 radical (unpaired) electrons. The van der Waals surface area contributed by atoms with E-state index in [0.29, 0.717) is 5.56 Å². The van der Waals surface area contributed by atoms with Crippen molar-refractivity contribution < 1.29 is 15.3 Å². The monoisotopic (exact) mass is 168 g/mol. The molecule has 0 heterocycles. The van der Waals surface area contributed by atoms with Gasteiger partial charge < -0.3 is 15.3 Å². The largest absolute Gasteiger partial charge is 0.394 e. The zero-order chi connectivity index (χ0) is 8.97. The second kappa shape index (κ2) is 4.21. The Bertz CT molecular complexity index is 222. The molecule has 0 fully saturated rings. The number of hydrogen-bond donors (Lipinski definition) is 3. The highest BCUT2D eigenvalue weighted by atomic mass is 16.4. The third kappa shape index (κ3) is 2.04. The van der Waals surface area contributed by atoms with E-state index in [1.54, 1.807) is 24.3 Å². The van der Waals surface area contributed by atoms with Crippen LogP contribution in [0.2, 0.25) is 0 Å². The van der Waals surface area contributed by atoms with Crippen LogP contribution in [0.15, 0.2) is 30.3 Å². The van der Waals surface area contributed by atoms with Gasteiger partial charge in [-0.1, -0.05) is 30.3 Å². The number of hydrogen-bond acceptors (Lipinski definition) is 3. The average molecular weight is 168 g/mol. The van der Waals surface area contributed by atoms with E-state index in [4.69, 9.17) is 10.2 Å². The molecule has 1 unspecified atom stereocenters. The summed E-state index contributed by atoms with van der Waals surface area (Å²) < 4.78 is 0. The van der Waals surface area contributed by atoms with Crippen LogP contribution in [0.4, 0.5) is 0 Å². The molecule has 12 heavy (non-hydrogen) atoms. The van der Waals surface area contributed by atoms with E-state index >= 15 is 0 Å². The van der Waals surface area contributed by atoms with Gasteiger partial charge in [-0.25, -0.2) is 0 Å². The Hall–Kier alpha value is -0.900. The summed E-state index contributed by atoms with van der Waals surface area (Å²) in [4.78, 5) is 0. The summed E-state index contributed by atoms with van der Waals surface area (Å²) >= 11 is 0. The Morgan fingerprint density at radius 1 is 1.08 bits per heavy atom. The molecule has 3 N–H and O–H groups in total. The molecule has 66 valence electrons. The van der Waals surface area contributed by atoms with Crippen LogP contribution >= 0.6 is 0 Å². The highest BCUT2D eigenvalue weighted by Crippen LogP contribution is 2.15. The van der Waals surface area contributed by atoms with E-state index in [0.717, 1.165) is 0 Å². The van der Waals surface area contributed by atoms with Gasteiger partial charge in [0, 0.05) is 0 Å². The van der Waals surface area contributed by atoms with Crippen molar-refractivity contribution in [1.29, 1.82) is 0 Å². The first kappa shape index (κ1) is 9.19. The Labute approximate surface area is 70.9 Å². The predicted molar refractivity (Wildman–Crippen MR) is 44.5 cm³/mol. The van der Waals surface area contributed by atoms with Gasteiger partial charge in [0.1, 0.15) is 12.2 Å². The molecule has 1 rings (SSSR count). The lowest BCUT2D eigenvalue weighted by Crippen LogP contribution is -2.21. The lowest BCUT2D eigenvalue weighted by molar-refractivity contribution is -0.0152. The molecule has 3 heteroatoms. The molecule has 0 aliphatic rings. The zero-order valence-corrected chi connectivity index (χ0v) is 6.59. The zero-order valence-electron chi connectivity index (χ0n) is 6.59. The maximum atomic E-state index is 9.38. The van der Waals surface area contributed by atoms with Crippen LogP contribution in [0.25, 0.3) is 0 Å². The van der Waals surface area contributed by atoms with E-state index in [2.05, 4.69) is 0 Å². The molecule has 2 atom stereocenters. The van der Waals surface area contributed by atoms with E-state index in [-0.39, 0.29) is 0 Å². The van der Waals surface area contributed by atoms with Gasteiger partial charge >= 0.3 is 0 Å². The molecule has 0 saturated carbocycles. The molecule has 0 aliphatic heterocycles. The fraction of sp³-hybridized carbons (Fsp3) is 0.333. The minimum absolute atomic E-state index is 0.434.